The molecule has 0 aliphatic heterocycles. The average Bonchev–Trinajstić information content (AvgIpc) is 3.64. The van der Waals surface area contributed by atoms with Crippen LogP contribution in [0.25, 0.3) is 66.1 Å². The summed E-state index contributed by atoms with van der Waals surface area (Å²) in [6, 6.07) is 92.7. The third kappa shape index (κ3) is 7.06. The number of benzene rings is 11. The number of fused-ring (bicyclic) bond motifs is 8. The first kappa shape index (κ1) is 40.1. The Labute approximate surface area is 393 Å². The van der Waals surface area contributed by atoms with Crippen molar-refractivity contribution >= 4 is 55.7 Å². The molecule has 0 spiro atoms. The Kier molecular flexibility index (Phi) is 9.88. The van der Waals surface area contributed by atoms with Crippen LogP contribution in [0, 0.1) is 0 Å². The van der Waals surface area contributed by atoms with E-state index in [1.807, 2.05) is 0 Å². The van der Waals surface area contributed by atoms with E-state index in [-0.39, 0.29) is 5.41 Å². The molecule has 1 aliphatic carbocycles. The molecule has 0 unspecified atom stereocenters. The Hall–Kier alpha value is -8.46. The molecule has 0 saturated heterocycles. The zero-order valence-corrected chi connectivity index (χ0v) is 37.6. The van der Waals surface area contributed by atoms with Gasteiger partial charge < -0.3 is 9.80 Å². The zero-order valence-electron chi connectivity index (χ0n) is 37.6. The molecular weight excluding hydrogens is 809 g/mol. The van der Waals surface area contributed by atoms with Crippen LogP contribution in [-0.2, 0) is 5.41 Å². The van der Waals surface area contributed by atoms with Crippen molar-refractivity contribution in [2.75, 3.05) is 9.80 Å². The summed E-state index contributed by atoms with van der Waals surface area (Å²) in [5.41, 5.74) is 19.2. The lowest BCUT2D eigenvalue weighted by atomic mass is 9.78. The second-order valence-electron chi connectivity index (χ2n) is 18.1. The van der Waals surface area contributed by atoms with Gasteiger partial charge in [-0.25, -0.2) is 0 Å². The largest absolute Gasteiger partial charge is 0.311 e. The van der Waals surface area contributed by atoms with Crippen LogP contribution in [-0.4, -0.2) is 0 Å². The molecule has 11 aromatic carbocycles. The molecular formula is C65H48N2. The molecule has 318 valence electrons. The standard InChI is InChI=1S/C65H48N2/c1-65(2)62-44-50(48-31-39-56(40-32-48)67(53-23-13-6-14-24-53)55-35-27-46(28-36-55)45-17-7-3-8-18-45)34-42-60(62)63-58-26-16-15-25-57(58)61-43-49(33-41-59(61)64(63)65)47-29-37-54(38-30-47)66(51-19-9-4-10-20-51)52-21-11-5-12-22-52/h3-44H,1-2H3. The van der Waals surface area contributed by atoms with E-state index >= 15 is 0 Å². The zero-order chi connectivity index (χ0) is 44.9. The Morgan fingerprint density at radius 1 is 0.269 bits per heavy atom. The van der Waals surface area contributed by atoms with Gasteiger partial charge in [-0.2, -0.15) is 0 Å². The molecule has 2 heteroatoms. The molecule has 1 aliphatic rings. The summed E-state index contributed by atoms with van der Waals surface area (Å²) < 4.78 is 0. The molecule has 0 N–H and O–H groups in total. The summed E-state index contributed by atoms with van der Waals surface area (Å²) in [5.74, 6) is 0. The third-order valence-electron chi connectivity index (χ3n) is 13.8. The molecule has 0 aromatic heterocycles. The van der Waals surface area contributed by atoms with Gasteiger partial charge in [0, 0.05) is 39.5 Å². The Balaban J connectivity index is 0.887. The molecule has 12 rings (SSSR count). The number of hydrogen-bond acceptors (Lipinski definition) is 2. The van der Waals surface area contributed by atoms with Gasteiger partial charge in [-0.05, 0) is 162 Å². The van der Waals surface area contributed by atoms with Crippen molar-refractivity contribution < 1.29 is 0 Å². The van der Waals surface area contributed by atoms with Crippen molar-refractivity contribution in [3.8, 4) is 44.5 Å². The van der Waals surface area contributed by atoms with Gasteiger partial charge in [0.05, 0.1) is 0 Å². The normalized spacial score (nSPS) is 12.4. The maximum absolute atomic E-state index is 2.45. The topological polar surface area (TPSA) is 6.48 Å². The molecule has 0 heterocycles. The van der Waals surface area contributed by atoms with Crippen LogP contribution in [0.3, 0.4) is 0 Å². The van der Waals surface area contributed by atoms with Crippen molar-refractivity contribution in [3.63, 3.8) is 0 Å². The smallest absolute Gasteiger partial charge is 0.0462 e. The summed E-state index contributed by atoms with van der Waals surface area (Å²) in [4.78, 5) is 4.65. The highest BCUT2D eigenvalue weighted by atomic mass is 15.1. The summed E-state index contributed by atoms with van der Waals surface area (Å²) >= 11 is 0. The van der Waals surface area contributed by atoms with Crippen LogP contribution in [0.2, 0.25) is 0 Å². The van der Waals surface area contributed by atoms with Crippen molar-refractivity contribution in [2.24, 2.45) is 0 Å². The monoisotopic (exact) mass is 856 g/mol. The first-order chi connectivity index (χ1) is 33.0. The van der Waals surface area contributed by atoms with Crippen LogP contribution in [0.5, 0.6) is 0 Å². The SMILES string of the molecule is CC1(C)c2cc(-c3ccc(N(c4ccccc4)c4ccc(-c5ccccc5)cc4)cc3)ccc2-c2c1c1ccc(-c3ccc(N(c4ccccc4)c4ccccc4)cc3)cc1c1ccccc21. The number of hydrogen-bond donors (Lipinski definition) is 0. The minimum atomic E-state index is -0.222. The number of anilines is 6. The van der Waals surface area contributed by atoms with Gasteiger partial charge in [-0.1, -0.05) is 184 Å². The average molecular weight is 857 g/mol. The second-order valence-corrected chi connectivity index (χ2v) is 18.1. The summed E-state index contributed by atoms with van der Waals surface area (Å²) in [6.07, 6.45) is 0. The van der Waals surface area contributed by atoms with Crippen LogP contribution in [0.4, 0.5) is 34.1 Å². The first-order valence-corrected chi connectivity index (χ1v) is 23.3. The number of para-hydroxylation sites is 3. The van der Waals surface area contributed by atoms with Crippen molar-refractivity contribution in [1.82, 2.24) is 0 Å². The molecule has 0 fully saturated rings. The highest BCUT2D eigenvalue weighted by molar-refractivity contribution is 6.19. The van der Waals surface area contributed by atoms with Crippen LogP contribution in [0.15, 0.2) is 255 Å². The van der Waals surface area contributed by atoms with Gasteiger partial charge in [-0.15, -0.1) is 0 Å². The first-order valence-electron chi connectivity index (χ1n) is 23.3. The van der Waals surface area contributed by atoms with Crippen molar-refractivity contribution in [2.45, 2.75) is 19.3 Å². The predicted molar refractivity (Wildman–Crippen MR) is 285 cm³/mol. The molecule has 0 radical (unpaired) electrons. The van der Waals surface area contributed by atoms with Crippen LogP contribution < -0.4 is 9.80 Å². The van der Waals surface area contributed by atoms with Gasteiger partial charge in [-0.3, -0.25) is 0 Å². The fourth-order valence-corrected chi connectivity index (χ4v) is 10.6. The number of nitrogens with zero attached hydrogens (tertiary/aromatic N) is 2. The van der Waals surface area contributed by atoms with Gasteiger partial charge in [0.25, 0.3) is 0 Å². The van der Waals surface area contributed by atoms with E-state index < -0.39 is 0 Å². The number of rotatable bonds is 9. The highest BCUT2D eigenvalue weighted by Crippen LogP contribution is 2.55. The van der Waals surface area contributed by atoms with Gasteiger partial charge in [0.1, 0.15) is 0 Å². The molecule has 0 amide bonds. The highest BCUT2D eigenvalue weighted by Gasteiger charge is 2.38. The van der Waals surface area contributed by atoms with E-state index in [1.54, 1.807) is 0 Å². The quantitative estimate of drug-likeness (QED) is 0.133. The Morgan fingerprint density at radius 3 is 1.12 bits per heavy atom. The lowest BCUT2D eigenvalue weighted by Crippen LogP contribution is -2.15. The third-order valence-corrected chi connectivity index (χ3v) is 13.8. The van der Waals surface area contributed by atoms with Crippen LogP contribution in [0.1, 0.15) is 25.0 Å². The van der Waals surface area contributed by atoms with E-state index in [2.05, 4.69) is 278 Å². The maximum Gasteiger partial charge on any atom is 0.0462 e. The summed E-state index contributed by atoms with van der Waals surface area (Å²) in [5, 5.41) is 5.20. The second kappa shape index (κ2) is 16.5. The lowest BCUT2D eigenvalue weighted by Gasteiger charge is -2.26. The Morgan fingerprint density at radius 2 is 0.627 bits per heavy atom. The fraction of sp³-hybridized carbons (Fsp3) is 0.0462. The molecule has 0 saturated carbocycles. The fourth-order valence-electron chi connectivity index (χ4n) is 10.6. The van der Waals surface area contributed by atoms with E-state index in [1.165, 1.54) is 77.2 Å². The van der Waals surface area contributed by atoms with Gasteiger partial charge >= 0.3 is 0 Å². The van der Waals surface area contributed by atoms with Gasteiger partial charge in [0.15, 0.2) is 0 Å². The molecule has 11 aromatic rings. The van der Waals surface area contributed by atoms with Crippen molar-refractivity contribution in [3.05, 3.63) is 266 Å². The van der Waals surface area contributed by atoms with E-state index in [9.17, 15) is 0 Å². The summed E-state index contributed by atoms with van der Waals surface area (Å²) in [7, 11) is 0. The van der Waals surface area contributed by atoms with E-state index in [0.717, 1.165) is 34.1 Å². The minimum Gasteiger partial charge on any atom is -0.311 e. The molecule has 2 nitrogen and oxygen atoms in total. The lowest BCUT2D eigenvalue weighted by molar-refractivity contribution is 0.667. The van der Waals surface area contributed by atoms with Crippen LogP contribution >= 0.6 is 0 Å². The van der Waals surface area contributed by atoms with Gasteiger partial charge in [0.2, 0.25) is 0 Å². The van der Waals surface area contributed by atoms with Crippen molar-refractivity contribution in [1.29, 1.82) is 0 Å². The Bertz CT molecular complexity index is 3510. The molecule has 67 heavy (non-hydrogen) atoms. The van der Waals surface area contributed by atoms with E-state index in [4.69, 9.17) is 0 Å². The molecule has 0 bridgehead atoms. The maximum atomic E-state index is 2.45. The molecule has 0 atom stereocenters. The van der Waals surface area contributed by atoms with E-state index in [0.29, 0.717) is 0 Å². The summed E-state index contributed by atoms with van der Waals surface area (Å²) in [6.45, 7) is 4.83. The predicted octanol–water partition coefficient (Wildman–Crippen LogP) is 18.2. The minimum absolute atomic E-state index is 0.222.